The number of rotatable bonds is 7. The number of piperidine rings is 1. The molecule has 0 unspecified atom stereocenters. The van der Waals surface area contributed by atoms with Crippen LogP contribution in [0.1, 0.15) is 34.7 Å². The Morgan fingerprint density at radius 2 is 1.85 bits per heavy atom. The van der Waals surface area contributed by atoms with Gasteiger partial charge in [0.1, 0.15) is 23.4 Å². The van der Waals surface area contributed by atoms with E-state index in [0.717, 1.165) is 5.56 Å². The number of nitrogens with zero attached hydrogens (tertiary/aromatic N) is 1. The van der Waals surface area contributed by atoms with Crippen LogP contribution in [-0.4, -0.2) is 49.6 Å². The first kappa shape index (κ1) is 27.2. The van der Waals surface area contributed by atoms with Crippen molar-refractivity contribution in [1.29, 1.82) is 0 Å². The molecular formula is C28H28FN3O5S2. The van der Waals surface area contributed by atoms with Gasteiger partial charge in [0.25, 0.3) is 5.91 Å². The van der Waals surface area contributed by atoms with Crippen molar-refractivity contribution in [2.45, 2.75) is 23.7 Å². The lowest BCUT2D eigenvalue weighted by atomic mass is 9.89. The molecule has 39 heavy (non-hydrogen) atoms. The van der Waals surface area contributed by atoms with E-state index in [9.17, 15) is 22.2 Å². The number of furan rings is 1. The molecule has 1 aromatic heterocycles. The van der Waals surface area contributed by atoms with E-state index in [2.05, 4.69) is 10.0 Å². The van der Waals surface area contributed by atoms with Gasteiger partial charge in [0, 0.05) is 37.2 Å². The molecule has 0 spiro atoms. The molecule has 2 atom stereocenters. The Morgan fingerprint density at radius 1 is 1.13 bits per heavy atom. The smallest absolute Gasteiger partial charge is 0.255 e. The molecule has 1 amide bonds. The van der Waals surface area contributed by atoms with Gasteiger partial charge in [0.05, 0.1) is 27.5 Å². The molecule has 0 saturated carbocycles. The Morgan fingerprint density at radius 3 is 2.51 bits per heavy atom. The van der Waals surface area contributed by atoms with E-state index in [4.69, 9.17) is 4.42 Å². The summed E-state index contributed by atoms with van der Waals surface area (Å²) in [6.45, 7) is 0.619. The second kappa shape index (κ2) is 11.0. The summed E-state index contributed by atoms with van der Waals surface area (Å²) >= 11 is -1.42. The summed E-state index contributed by atoms with van der Waals surface area (Å²) in [5, 5.41) is 3.17. The molecule has 5 rings (SSSR count). The number of carbonyl (C=O) groups is 1. The molecule has 1 aliphatic rings. The second-order valence-corrected chi connectivity index (χ2v) is 12.4. The minimum atomic E-state index is -3.70. The third-order valence-electron chi connectivity index (χ3n) is 6.88. The summed E-state index contributed by atoms with van der Waals surface area (Å²) in [7, 11) is -2.19. The van der Waals surface area contributed by atoms with Gasteiger partial charge in [0.15, 0.2) is 0 Å². The fourth-order valence-electron chi connectivity index (χ4n) is 5.05. The van der Waals surface area contributed by atoms with E-state index in [1.807, 2.05) is 6.07 Å². The van der Waals surface area contributed by atoms with Gasteiger partial charge >= 0.3 is 0 Å². The zero-order chi connectivity index (χ0) is 27.7. The molecule has 1 saturated heterocycles. The number of hydrogen-bond acceptors (Lipinski definition) is 6. The lowest BCUT2D eigenvalue weighted by Gasteiger charge is -2.33. The standard InChI is InChI=1S/C28H28FN3O5S2/c1-30-28(33)26-23-15-22(19-7-6-14-32(17-19)39(35,36)21-8-4-3-5-9-21)24(31-38(2)34)16-25(23)37-27(26)18-10-12-20(29)13-11-18/h3-5,8-13,15-16,19,31H,6-7,14,17H2,1-2H3,(H,30,33)/t19-,38-/m0/s1. The maximum absolute atomic E-state index is 13.6. The SMILES string of the molecule is CNC(=O)c1c(-c2ccc(F)cc2)oc2cc(N[S@+](C)[O-])c([C@H]3CCCN(S(=O)(=O)c4ccccc4)C3)cc12. The van der Waals surface area contributed by atoms with Crippen LogP contribution in [0.15, 0.2) is 76.0 Å². The number of hydrogen-bond donors (Lipinski definition) is 2. The maximum Gasteiger partial charge on any atom is 0.255 e. The molecule has 8 nitrogen and oxygen atoms in total. The Bertz CT molecular complexity index is 1610. The third-order valence-corrected chi connectivity index (χ3v) is 9.27. The maximum atomic E-state index is 13.6. The van der Waals surface area contributed by atoms with E-state index in [0.29, 0.717) is 41.6 Å². The van der Waals surface area contributed by atoms with E-state index < -0.39 is 27.2 Å². The van der Waals surface area contributed by atoms with Crippen LogP contribution < -0.4 is 10.0 Å². The monoisotopic (exact) mass is 569 g/mol. The lowest BCUT2D eigenvalue weighted by Crippen LogP contribution is -2.39. The number of benzene rings is 3. The fraction of sp³-hybridized carbons (Fsp3) is 0.250. The molecule has 204 valence electrons. The summed E-state index contributed by atoms with van der Waals surface area (Å²) in [5.41, 5.74) is 2.47. The van der Waals surface area contributed by atoms with Gasteiger partial charge in [-0.1, -0.05) is 18.2 Å². The van der Waals surface area contributed by atoms with Crippen molar-refractivity contribution in [3.63, 3.8) is 0 Å². The van der Waals surface area contributed by atoms with Crippen molar-refractivity contribution in [3.05, 3.63) is 83.7 Å². The van der Waals surface area contributed by atoms with Crippen LogP contribution in [0, 0.1) is 5.82 Å². The molecule has 0 aliphatic carbocycles. The highest BCUT2D eigenvalue weighted by Crippen LogP contribution is 2.41. The van der Waals surface area contributed by atoms with E-state index in [1.165, 1.54) is 41.9 Å². The minimum Gasteiger partial charge on any atom is -0.593 e. The highest BCUT2D eigenvalue weighted by Gasteiger charge is 2.33. The van der Waals surface area contributed by atoms with Crippen molar-refractivity contribution >= 4 is 43.9 Å². The van der Waals surface area contributed by atoms with Crippen LogP contribution in [-0.2, 0) is 21.4 Å². The number of nitrogens with one attached hydrogen (secondary N) is 2. The summed E-state index contributed by atoms with van der Waals surface area (Å²) in [6, 6.07) is 17.5. The fourth-order valence-corrected chi connectivity index (χ4v) is 7.08. The number of carbonyl (C=O) groups excluding carboxylic acids is 1. The average Bonchev–Trinajstić information content (AvgIpc) is 3.31. The number of anilines is 1. The molecule has 1 aliphatic heterocycles. The van der Waals surface area contributed by atoms with Gasteiger partial charge in [-0.15, -0.1) is 0 Å². The third kappa shape index (κ3) is 5.40. The molecular weight excluding hydrogens is 541 g/mol. The van der Waals surface area contributed by atoms with Crippen molar-refractivity contribution < 1.29 is 26.6 Å². The van der Waals surface area contributed by atoms with Crippen molar-refractivity contribution in [2.75, 3.05) is 31.1 Å². The van der Waals surface area contributed by atoms with Gasteiger partial charge in [-0.05, 0) is 66.8 Å². The number of fused-ring (bicyclic) bond motifs is 1. The highest BCUT2D eigenvalue weighted by atomic mass is 32.2. The molecule has 2 N–H and O–H groups in total. The first-order valence-corrected chi connectivity index (χ1v) is 15.4. The normalized spacial score (nSPS) is 17.2. The predicted molar refractivity (Wildman–Crippen MR) is 150 cm³/mol. The summed E-state index contributed by atoms with van der Waals surface area (Å²) < 4.78 is 63.1. The van der Waals surface area contributed by atoms with Crippen molar-refractivity contribution in [1.82, 2.24) is 9.62 Å². The Labute approximate surface area is 229 Å². The van der Waals surface area contributed by atoms with Gasteiger partial charge in [0.2, 0.25) is 10.0 Å². The summed E-state index contributed by atoms with van der Waals surface area (Å²) in [6.07, 6.45) is 2.84. The average molecular weight is 570 g/mol. The van der Waals surface area contributed by atoms with Crippen molar-refractivity contribution in [2.24, 2.45) is 0 Å². The highest BCUT2D eigenvalue weighted by molar-refractivity contribution is 7.92. The van der Waals surface area contributed by atoms with E-state index in [-0.39, 0.29) is 34.6 Å². The summed E-state index contributed by atoms with van der Waals surface area (Å²) in [4.78, 5) is 13.3. The first-order chi connectivity index (χ1) is 18.7. The number of sulfonamides is 1. The predicted octanol–water partition coefficient (Wildman–Crippen LogP) is 4.87. The molecule has 0 radical (unpaired) electrons. The Balaban J connectivity index is 1.63. The number of halogens is 1. The van der Waals surface area contributed by atoms with Crippen LogP contribution >= 0.6 is 0 Å². The molecule has 1 fully saturated rings. The van der Waals surface area contributed by atoms with E-state index in [1.54, 1.807) is 36.4 Å². The van der Waals surface area contributed by atoms with Gasteiger partial charge < -0.3 is 14.3 Å². The van der Waals surface area contributed by atoms with Crippen LogP contribution in [0.2, 0.25) is 0 Å². The zero-order valence-corrected chi connectivity index (χ0v) is 23.1. The van der Waals surface area contributed by atoms with E-state index >= 15 is 0 Å². The first-order valence-electron chi connectivity index (χ1n) is 12.4. The van der Waals surface area contributed by atoms with Crippen LogP contribution in [0.5, 0.6) is 0 Å². The second-order valence-electron chi connectivity index (χ2n) is 9.40. The molecule has 0 bridgehead atoms. The van der Waals surface area contributed by atoms with Gasteiger partial charge in [-0.2, -0.15) is 4.31 Å². The minimum absolute atomic E-state index is 0.227. The molecule has 4 aromatic rings. The Kier molecular flexibility index (Phi) is 7.68. The van der Waals surface area contributed by atoms with Crippen LogP contribution in [0.4, 0.5) is 10.1 Å². The molecule has 3 aromatic carbocycles. The zero-order valence-electron chi connectivity index (χ0n) is 21.4. The van der Waals surface area contributed by atoms with Crippen LogP contribution in [0.25, 0.3) is 22.3 Å². The lowest BCUT2D eigenvalue weighted by molar-refractivity contribution is 0.0964. The van der Waals surface area contributed by atoms with Gasteiger partial charge in [-0.25, -0.2) is 17.5 Å². The van der Waals surface area contributed by atoms with Crippen LogP contribution in [0.3, 0.4) is 0 Å². The Hall–Kier alpha value is -3.38. The number of amides is 1. The van der Waals surface area contributed by atoms with Gasteiger partial charge in [-0.3, -0.25) is 4.79 Å². The quantitative estimate of drug-likeness (QED) is 0.307. The molecule has 2 heterocycles. The largest absolute Gasteiger partial charge is 0.593 e. The molecule has 11 heteroatoms. The topological polar surface area (TPSA) is 115 Å². The van der Waals surface area contributed by atoms with Crippen molar-refractivity contribution in [3.8, 4) is 11.3 Å². The summed E-state index contributed by atoms with van der Waals surface area (Å²) in [5.74, 6) is -0.741.